The van der Waals surface area contributed by atoms with Gasteiger partial charge in [-0.05, 0) is 37.0 Å². The molecule has 1 rings (SSSR count). The van der Waals surface area contributed by atoms with Crippen molar-refractivity contribution in [3.05, 3.63) is 28.2 Å². The Kier molecular flexibility index (Phi) is 6.68. The van der Waals surface area contributed by atoms with Gasteiger partial charge in [0.25, 0.3) is 0 Å². The lowest BCUT2D eigenvalue weighted by Gasteiger charge is -2.16. The van der Waals surface area contributed by atoms with E-state index < -0.39 is 17.9 Å². The highest BCUT2D eigenvalue weighted by molar-refractivity contribution is 9.10. The van der Waals surface area contributed by atoms with Crippen molar-refractivity contribution in [2.45, 2.75) is 27.2 Å². The Morgan fingerprint density at radius 1 is 1.33 bits per heavy atom. The number of halogens is 1. The Hall–Kier alpha value is -1.56. The molecule has 21 heavy (non-hydrogen) atoms. The summed E-state index contributed by atoms with van der Waals surface area (Å²) in [4.78, 5) is 22.9. The van der Waals surface area contributed by atoms with Gasteiger partial charge in [-0.25, -0.2) is 4.79 Å². The van der Waals surface area contributed by atoms with Gasteiger partial charge in [-0.15, -0.1) is 0 Å². The molecule has 0 saturated heterocycles. The van der Waals surface area contributed by atoms with Gasteiger partial charge < -0.3 is 15.7 Å². The van der Waals surface area contributed by atoms with Crippen LogP contribution in [0.2, 0.25) is 0 Å². The molecule has 3 N–H and O–H groups in total. The molecule has 0 aliphatic carbocycles. The van der Waals surface area contributed by atoms with Crippen LogP contribution in [0.15, 0.2) is 22.7 Å². The number of anilines is 1. The maximum atomic E-state index is 11.8. The average Bonchev–Trinajstić information content (AvgIpc) is 2.38. The van der Waals surface area contributed by atoms with E-state index in [4.69, 9.17) is 5.11 Å². The van der Waals surface area contributed by atoms with Crippen LogP contribution in [0.5, 0.6) is 0 Å². The molecule has 1 unspecified atom stereocenters. The number of carboxylic acids is 1. The van der Waals surface area contributed by atoms with E-state index in [0.717, 1.165) is 10.0 Å². The molecule has 0 heterocycles. The molecule has 1 atom stereocenters. The predicted octanol–water partition coefficient (Wildman–Crippen LogP) is 3.63. The topological polar surface area (TPSA) is 78.4 Å². The number of amides is 2. The number of rotatable bonds is 6. The predicted molar refractivity (Wildman–Crippen MR) is 86.5 cm³/mol. The van der Waals surface area contributed by atoms with Crippen LogP contribution in [0.1, 0.15) is 25.8 Å². The van der Waals surface area contributed by atoms with Crippen LogP contribution in [0.3, 0.4) is 0 Å². The van der Waals surface area contributed by atoms with E-state index in [0.29, 0.717) is 12.1 Å². The zero-order valence-electron chi connectivity index (χ0n) is 12.4. The van der Waals surface area contributed by atoms with Gasteiger partial charge in [-0.2, -0.15) is 0 Å². The molecule has 0 aromatic heterocycles. The van der Waals surface area contributed by atoms with Gasteiger partial charge in [0.2, 0.25) is 0 Å². The van der Waals surface area contributed by atoms with E-state index in [2.05, 4.69) is 26.6 Å². The van der Waals surface area contributed by atoms with Crippen molar-refractivity contribution in [1.82, 2.24) is 5.32 Å². The van der Waals surface area contributed by atoms with Crippen molar-refractivity contribution in [3.8, 4) is 0 Å². The molecule has 0 spiro atoms. The zero-order chi connectivity index (χ0) is 16.0. The lowest BCUT2D eigenvalue weighted by atomic mass is 9.97. The standard InChI is InChI=1S/C15H21BrN2O3/c1-9(2)6-11(14(19)20)8-17-15(21)18-12-5-4-10(3)13(16)7-12/h4-5,7,9,11H,6,8H2,1-3H3,(H,19,20)(H2,17,18,21). The molecule has 0 aliphatic rings. The van der Waals surface area contributed by atoms with E-state index in [1.54, 1.807) is 12.1 Å². The summed E-state index contributed by atoms with van der Waals surface area (Å²) in [5.74, 6) is -1.19. The first-order valence-electron chi connectivity index (χ1n) is 6.83. The fourth-order valence-electron chi connectivity index (χ4n) is 1.90. The Labute approximate surface area is 133 Å². The summed E-state index contributed by atoms with van der Waals surface area (Å²) in [6, 6.07) is 5.08. The molecule has 0 aliphatic heterocycles. The summed E-state index contributed by atoms with van der Waals surface area (Å²) < 4.78 is 0.906. The molecule has 6 heteroatoms. The number of carbonyl (C=O) groups is 2. The summed E-state index contributed by atoms with van der Waals surface area (Å²) >= 11 is 3.39. The quantitative estimate of drug-likeness (QED) is 0.728. The number of hydrogen-bond acceptors (Lipinski definition) is 2. The van der Waals surface area contributed by atoms with Gasteiger partial charge >= 0.3 is 12.0 Å². The fourth-order valence-corrected chi connectivity index (χ4v) is 2.28. The minimum atomic E-state index is -0.887. The third-order valence-corrected chi connectivity index (χ3v) is 3.90. The summed E-state index contributed by atoms with van der Waals surface area (Å²) in [7, 11) is 0. The molecule has 2 amide bonds. The van der Waals surface area contributed by atoms with Crippen molar-refractivity contribution >= 4 is 33.6 Å². The normalized spacial score (nSPS) is 12.0. The largest absolute Gasteiger partial charge is 0.481 e. The Balaban J connectivity index is 2.52. The number of aliphatic carboxylic acids is 1. The van der Waals surface area contributed by atoms with Crippen molar-refractivity contribution in [2.24, 2.45) is 11.8 Å². The van der Waals surface area contributed by atoms with Crippen LogP contribution in [0.4, 0.5) is 10.5 Å². The summed E-state index contributed by atoms with van der Waals surface area (Å²) in [5, 5.41) is 14.4. The number of urea groups is 1. The van der Waals surface area contributed by atoms with E-state index >= 15 is 0 Å². The number of nitrogens with one attached hydrogen (secondary N) is 2. The van der Waals surface area contributed by atoms with Crippen LogP contribution >= 0.6 is 15.9 Å². The molecule has 1 aromatic carbocycles. The Morgan fingerprint density at radius 3 is 2.52 bits per heavy atom. The first-order chi connectivity index (χ1) is 9.79. The van der Waals surface area contributed by atoms with E-state index in [9.17, 15) is 9.59 Å². The van der Waals surface area contributed by atoms with E-state index in [1.165, 1.54) is 0 Å². The number of aryl methyl sites for hydroxylation is 1. The number of hydrogen-bond donors (Lipinski definition) is 3. The van der Waals surface area contributed by atoms with Crippen molar-refractivity contribution in [1.29, 1.82) is 0 Å². The van der Waals surface area contributed by atoms with Crippen molar-refractivity contribution < 1.29 is 14.7 Å². The lowest BCUT2D eigenvalue weighted by Crippen LogP contribution is -2.36. The lowest BCUT2D eigenvalue weighted by molar-refractivity contribution is -0.142. The Morgan fingerprint density at radius 2 is 2.00 bits per heavy atom. The second kappa shape index (κ2) is 8.02. The zero-order valence-corrected chi connectivity index (χ0v) is 14.0. The van der Waals surface area contributed by atoms with Gasteiger partial charge in [0.15, 0.2) is 0 Å². The van der Waals surface area contributed by atoms with E-state index in [-0.39, 0.29) is 12.5 Å². The van der Waals surface area contributed by atoms with Gasteiger partial charge in [-0.3, -0.25) is 4.79 Å². The second-order valence-electron chi connectivity index (χ2n) is 5.46. The maximum Gasteiger partial charge on any atom is 0.319 e. The van der Waals surface area contributed by atoms with Gasteiger partial charge in [-0.1, -0.05) is 35.8 Å². The Bertz CT molecular complexity index is 518. The third-order valence-electron chi connectivity index (χ3n) is 3.04. The molecule has 0 bridgehead atoms. The summed E-state index contributed by atoms with van der Waals surface area (Å²) in [5.41, 5.74) is 1.73. The van der Waals surface area contributed by atoms with Crippen LogP contribution in [-0.2, 0) is 4.79 Å². The number of carboxylic acid groups (broad SMARTS) is 1. The number of benzene rings is 1. The molecule has 5 nitrogen and oxygen atoms in total. The van der Waals surface area contributed by atoms with Crippen LogP contribution in [0, 0.1) is 18.8 Å². The SMILES string of the molecule is Cc1ccc(NC(=O)NCC(CC(C)C)C(=O)O)cc1Br. The molecule has 0 radical (unpaired) electrons. The highest BCUT2D eigenvalue weighted by Gasteiger charge is 2.19. The van der Waals surface area contributed by atoms with Crippen molar-refractivity contribution in [3.63, 3.8) is 0 Å². The van der Waals surface area contributed by atoms with Crippen LogP contribution in [0.25, 0.3) is 0 Å². The molecular weight excluding hydrogens is 336 g/mol. The number of carbonyl (C=O) groups excluding carboxylic acids is 1. The van der Waals surface area contributed by atoms with Gasteiger partial charge in [0.05, 0.1) is 5.92 Å². The monoisotopic (exact) mass is 356 g/mol. The maximum absolute atomic E-state index is 11.8. The second-order valence-corrected chi connectivity index (χ2v) is 6.32. The minimum Gasteiger partial charge on any atom is -0.481 e. The third kappa shape index (κ3) is 6.16. The first-order valence-corrected chi connectivity index (χ1v) is 7.62. The molecule has 116 valence electrons. The van der Waals surface area contributed by atoms with Gasteiger partial charge in [0.1, 0.15) is 0 Å². The average molecular weight is 357 g/mol. The molecule has 1 aromatic rings. The molecular formula is C15H21BrN2O3. The highest BCUT2D eigenvalue weighted by atomic mass is 79.9. The van der Waals surface area contributed by atoms with Crippen molar-refractivity contribution in [2.75, 3.05) is 11.9 Å². The smallest absolute Gasteiger partial charge is 0.319 e. The highest BCUT2D eigenvalue weighted by Crippen LogP contribution is 2.20. The molecule has 0 fully saturated rings. The summed E-state index contributed by atoms with van der Waals surface area (Å²) in [6.45, 7) is 5.99. The van der Waals surface area contributed by atoms with Crippen LogP contribution < -0.4 is 10.6 Å². The molecule has 0 saturated carbocycles. The van der Waals surface area contributed by atoms with Crippen LogP contribution in [-0.4, -0.2) is 23.7 Å². The first kappa shape index (κ1) is 17.5. The van der Waals surface area contributed by atoms with Gasteiger partial charge in [0, 0.05) is 16.7 Å². The fraction of sp³-hybridized carbons (Fsp3) is 0.467. The minimum absolute atomic E-state index is 0.117. The van der Waals surface area contributed by atoms with E-state index in [1.807, 2.05) is 26.8 Å². The summed E-state index contributed by atoms with van der Waals surface area (Å²) in [6.07, 6.45) is 0.533.